The van der Waals surface area contributed by atoms with Crippen LogP contribution >= 0.6 is 31.9 Å². The molecule has 1 N–H and O–H groups in total. The number of benzene rings is 2. The largest absolute Gasteiger partial charge is 0.475 e. The van der Waals surface area contributed by atoms with E-state index in [0.29, 0.717) is 11.3 Å². The zero-order chi connectivity index (χ0) is 19.6. The lowest BCUT2D eigenvalue weighted by atomic mass is 10.2. The molecule has 0 bridgehead atoms. The number of ketones is 1. The molecule has 0 radical (unpaired) electrons. The van der Waals surface area contributed by atoms with Gasteiger partial charge in [-0.3, -0.25) is 4.79 Å². The number of hydrogen-bond acceptors (Lipinski definition) is 4. The molecule has 2 heterocycles. The number of carboxylic acids is 1. The lowest BCUT2D eigenvalue weighted by molar-refractivity contribution is 0.0664. The predicted molar refractivity (Wildman–Crippen MR) is 124 cm³/mol. The number of aromatic nitrogens is 1. The molecule has 29 heavy (non-hydrogen) atoms. The number of carbonyl (C=O) groups is 2. The van der Waals surface area contributed by atoms with E-state index in [0.717, 1.165) is 25.2 Å². The summed E-state index contributed by atoms with van der Waals surface area (Å²) in [6, 6.07) is 16.4. The van der Waals surface area contributed by atoms with Gasteiger partial charge in [0.05, 0.1) is 5.52 Å². The van der Waals surface area contributed by atoms with Crippen LogP contribution in [0, 0.1) is 0 Å². The van der Waals surface area contributed by atoms with Crippen molar-refractivity contribution in [2.24, 2.45) is 0 Å². The molecule has 2 aromatic heterocycles. The van der Waals surface area contributed by atoms with Crippen molar-refractivity contribution in [2.75, 3.05) is 0 Å². The fourth-order valence-corrected chi connectivity index (χ4v) is 3.09. The maximum atomic E-state index is 11.1. The molecule has 0 amide bonds. The smallest absolute Gasteiger partial charge is 0.371 e. The quantitative estimate of drug-likeness (QED) is 0.278. The van der Waals surface area contributed by atoms with Crippen LogP contribution < -0.4 is 0 Å². The molecular formula is C22H21Br2NO4. The zero-order valence-electron chi connectivity index (χ0n) is 14.1. The van der Waals surface area contributed by atoms with E-state index >= 15 is 0 Å². The van der Waals surface area contributed by atoms with Crippen LogP contribution in [0.4, 0.5) is 0 Å². The molecule has 4 aromatic rings. The summed E-state index contributed by atoms with van der Waals surface area (Å²) in [6.07, 6.45) is 0. The van der Waals surface area contributed by atoms with Crippen LogP contribution in [0.5, 0.6) is 0 Å². The fraction of sp³-hybridized carbons (Fsp3) is 0.136. The van der Waals surface area contributed by atoms with Gasteiger partial charge in [-0.2, -0.15) is 0 Å². The van der Waals surface area contributed by atoms with Crippen LogP contribution in [-0.2, 0) is 0 Å². The number of halogens is 2. The number of aromatic carboxylic acids is 1. The molecule has 0 spiro atoms. The Morgan fingerprint density at radius 2 is 1.48 bits per heavy atom. The zero-order valence-corrected chi connectivity index (χ0v) is 17.2. The molecule has 152 valence electrons. The van der Waals surface area contributed by atoms with Crippen LogP contribution in [0.15, 0.2) is 68.0 Å². The third-order valence-corrected chi connectivity index (χ3v) is 4.69. The second kappa shape index (κ2) is 10.3. The molecule has 0 saturated carbocycles. The van der Waals surface area contributed by atoms with E-state index in [-0.39, 0.29) is 26.4 Å². The minimum absolute atomic E-state index is 0. The molecule has 4 rings (SSSR count). The summed E-state index contributed by atoms with van der Waals surface area (Å²) in [4.78, 5) is 25.9. The van der Waals surface area contributed by atoms with E-state index < -0.39 is 5.97 Å². The molecular weight excluding hydrogens is 502 g/mol. The summed E-state index contributed by atoms with van der Waals surface area (Å²) >= 11 is 6.64. The normalized spacial score (nSPS) is 9.76. The molecule has 0 aliphatic rings. The van der Waals surface area contributed by atoms with Gasteiger partial charge in [0.2, 0.25) is 5.76 Å². The minimum atomic E-state index is -1.05. The van der Waals surface area contributed by atoms with Gasteiger partial charge in [0.15, 0.2) is 5.78 Å². The molecule has 0 aliphatic carbocycles. The Balaban J connectivity index is 0.000000272. The third kappa shape index (κ3) is 5.98. The Kier molecular flexibility index (Phi) is 8.73. The number of furan rings is 1. The van der Waals surface area contributed by atoms with Gasteiger partial charge in [-0.1, -0.05) is 58.8 Å². The van der Waals surface area contributed by atoms with Crippen molar-refractivity contribution in [3.8, 4) is 0 Å². The summed E-state index contributed by atoms with van der Waals surface area (Å²) < 4.78 is 6.92. The van der Waals surface area contributed by atoms with Gasteiger partial charge in [-0.15, -0.1) is 0 Å². The molecule has 0 fully saturated rings. The van der Waals surface area contributed by atoms with Crippen LogP contribution in [0.25, 0.3) is 21.9 Å². The molecule has 0 unspecified atom stereocenters. The van der Waals surface area contributed by atoms with Gasteiger partial charge >= 0.3 is 5.97 Å². The number of nitrogens with zero attached hydrogens (tertiary/aromatic N) is 1. The van der Waals surface area contributed by atoms with Crippen molar-refractivity contribution in [3.05, 3.63) is 75.0 Å². The Hall–Kier alpha value is -2.51. The van der Waals surface area contributed by atoms with Gasteiger partial charge in [-0.05, 0) is 42.5 Å². The fourth-order valence-electron chi connectivity index (χ4n) is 2.40. The van der Waals surface area contributed by atoms with Crippen LogP contribution in [0.1, 0.15) is 42.8 Å². The second-order valence-corrected chi connectivity index (χ2v) is 7.52. The number of pyridine rings is 1. The average molecular weight is 523 g/mol. The predicted octanol–water partition coefficient (Wildman–Crippen LogP) is 7.37. The van der Waals surface area contributed by atoms with Crippen molar-refractivity contribution in [1.29, 1.82) is 0 Å². The maximum absolute atomic E-state index is 11.1. The number of carboxylic acid groups (broad SMARTS) is 1. The number of Topliss-reactive ketones (excluding diaryl/α,β-unsaturated/α-hetero) is 1. The minimum Gasteiger partial charge on any atom is -0.475 e. The highest BCUT2D eigenvalue weighted by Gasteiger charge is 2.09. The van der Waals surface area contributed by atoms with Crippen LogP contribution in [-0.4, -0.2) is 21.8 Å². The highest BCUT2D eigenvalue weighted by atomic mass is 79.9. The number of rotatable bonds is 2. The van der Waals surface area contributed by atoms with Crippen LogP contribution in [0.2, 0.25) is 0 Å². The van der Waals surface area contributed by atoms with E-state index in [1.807, 2.05) is 30.3 Å². The Morgan fingerprint density at radius 1 is 0.897 bits per heavy atom. The topological polar surface area (TPSA) is 80.4 Å². The second-order valence-electron chi connectivity index (χ2n) is 5.69. The van der Waals surface area contributed by atoms with E-state index in [1.54, 1.807) is 18.2 Å². The first-order valence-corrected chi connectivity index (χ1v) is 9.42. The standard InChI is InChI=1S/C11H8BrNO.C9H5BrO3.2CH4/c1-7(14)10-5-3-8-2-4-9(12)6-11(8)13-10;10-6-2-1-5-3-8(9(11)12)13-7(5)4-6;;/h2-6H,1H3;1-4H,(H,11,12);2*1H4. The maximum Gasteiger partial charge on any atom is 0.371 e. The molecule has 0 saturated heterocycles. The number of carbonyl (C=O) groups excluding carboxylic acids is 1. The first-order chi connectivity index (χ1) is 12.8. The van der Waals surface area contributed by atoms with Crippen molar-refractivity contribution >= 4 is 65.5 Å². The summed E-state index contributed by atoms with van der Waals surface area (Å²) in [6.45, 7) is 1.52. The summed E-state index contributed by atoms with van der Waals surface area (Å²) in [7, 11) is 0. The van der Waals surface area contributed by atoms with Crippen molar-refractivity contribution in [2.45, 2.75) is 21.8 Å². The molecule has 0 aliphatic heterocycles. The Bertz CT molecular complexity index is 1170. The highest BCUT2D eigenvalue weighted by Crippen LogP contribution is 2.23. The lowest BCUT2D eigenvalue weighted by Gasteiger charge is -1.99. The number of hydrogen-bond donors (Lipinski definition) is 1. The summed E-state index contributed by atoms with van der Waals surface area (Å²) in [5, 5.41) is 10.5. The number of fused-ring (bicyclic) bond motifs is 2. The first kappa shape index (κ1) is 24.5. The molecule has 2 aromatic carbocycles. The molecule has 0 atom stereocenters. The lowest BCUT2D eigenvalue weighted by Crippen LogP contribution is -1.95. The van der Waals surface area contributed by atoms with E-state index in [4.69, 9.17) is 9.52 Å². The average Bonchev–Trinajstić information content (AvgIpc) is 3.05. The Morgan fingerprint density at radius 3 is 2.10 bits per heavy atom. The molecule has 7 heteroatoms. The molecule has 5 nitrogen and oxygen atoms in total. The van der Waals surface area contributed by atoms with E-state index in [9.17, 15) is 9.59 Å². The van der Waals surface area contributed by atoms with Crippen molar-refractivity contribution in [3.63, 3.8) is 0 Å². The van der Waals surface area contributed by atoms with E-state index in [2.05, 4.69) is 36.8 Å². The highest BCUT2D eigenvalue weighted by molar-refractivity contribution is 9.10. The summed E-state index contributed by atoms with van der Waals surface area (Å²) in [5.41, 5.74) is 1.93. The van der Waals surface area contributed by atoms with E-state index in [1.165, 1.54) is 13.0 Å². The SMILES string of the molecule is C.C.CC(=O)c1ccc2ccc(Br)cc2n1.O=C(O)c1cc2ccc(Br)cc2o1. The van der Waals surface area contributed by atoms with Gasteiger partial charge in [0, 0.05) is 26.6 Å². The summed E-state index contributed by atoms with van der Waals surface area (Å²) in [5.74, 6) is -1.09. The van der Waals surface area contributed by atoms with Gasteiger partial charge in [-0.25, -0.2) is 9.78 Å². The van der Waals surface area contributed by atoms with Gasteiger partial charge in [0.1, 0.15) is 11.3 Å². The van der Waals surface area contributed by atoms with Crippen molar-refractivity contribution < 1.29 is 19.1 Å². The van der Waals surface area contributed by atoms with Gasteiger partial charge in [0.25, 0.3) is 0 Å². The monoisotopic (exact) mass is 521 g/mol. The van der Waals surface area contributed by atoms with Gasteiger partial charge < -0.3 is 9.52 Å². The third-order valence-electron chi connectivity index (χ3n) is 3.71. The van der Waals surface area contributed by atoms with Crippen molar-refractivity contribution in [1.82, 2.24) is 4.98 Å². The first-order valence-electron chi connectivity index (χ1n) is 7.83. The van der Waals surface area contributed by atoms with Crippen LogP contribution in [0.3, 0.4) is 0 Å². The Labute approximate surface area is 186 Å².